The lowest BCUT2D eigenvalue weighted by molar-refractivity contribution is -0.133. The van der Waals surface area contributed by atoms with Crippen LogP contribution in [0.3, 0.4) is 0 Å². The molecule has 0 saturated heterocycles. The van der Waals surface area contributed by atoms with Crippen LogP contribution in [0.1, 0.15) is 17.7 Å². The third-order valence-corrected chi connectivity index (χ3v) is 4.44. The fourth-order valence-corrected chi connectivity index (χ4v) is 3.04. The van der Waals surface area contributed by atoms with Crippen LogP contribution in [0.25, 0.3) is 10.8 Å². The molecule has 0 atom stereocenters. The Bertz CT molecular complexity index is 984. The number of nitrogens with zero attached hydrogens (tertiary/aromatic N) is 2. The zero-order chi connectivity index (χ0) is 19.8. The molecule has 28 heavy (non-hydrogen) atoms. The zero-order valence-electron chi connectivity index (χ0n) is 15.4. The number of amides is 2. The van der Waals surface area contributed by atoms with Gasteiger partial charge in [-0.3, -0.25) is 9.59 Å². The minimum Gasteiger partial charge on any atom is -0.467 e. The molecule has 0 aliphatic heterocycles. The van der Waals surface area contributed by atoms with Crippen LogP contribution in [0, 0.1) is 11.3 Å². The first kappa shape index (κ1) is 19.2. The SMILES string of the molecule is N#CCCN(Cc1ccco1)C(=O)CNC(=O)Cc1cccc2ccccc12. The van der Waals surface area contributed by atoms with Crippen LogP contribution in [-0.2, 0) is 22.6 Å². The summed E-state index contributed by atoms with van der Waals surface area (Å²) in [7, 11) is 0. The van der Waals surface area contributed by atoms with Crippen LogP contribution >= 0.6 is 0 Å². The van der Waals surface area contributed by atoms with Crippen molar-refractivity contribution in [2.24, 2.45) is 0 Å². The van der Waals surface area contributed by atoms with Crippen molar-refractivity contribution in [1.82, 2.24) is 10.2 Å². The molecule has 0 unspecified atom stereocenters. The van der Waals surface area contributed by atoms with Crippen molar-refractivity contribution in [3.05, 3.63) is 72.2 Å². The number of hydrogen-bond acceptors (Lipinski definition) is 4. The Morgan fingerprint density at radius 2 is 1.89 bits per heavy atom. The van der Waals surface area contributed by atoms with Crippen molar-refractivity contribution in [3.8, 4) is 6.07 Å². The third-order valence-electron chi connectivity index (χ3n) is 4.44. The van der Waals surface area contributed by atoms with E-state index in [-0.39, 0.29) is 44.3 Å². The number of rotatable bonds is 8. The summed E-state index contributed by atoms with van der Waals surface area (Å²) in [6.07, 6.45) is 1.95. The van der Waals surface area contributed by atoms with Crippen LogP contribution < -0.4 is 5.32 Å². The van der Waals surface area contributed by atoms with Gasteiger partial charge in [-0.2, -0.15) is 5.26 Å². The van der Waals surface area contributed by atoms with Gasteiger partial charge in [0.25, 0.3) is 0 Å². The van der Waals surface area contributed by atoms with E-state index in [0.29, 0.717) is 5.76 Å². The van der Waals surface area contributed by atoms with Gasteiger partial charge < -0.3 is 14.6 Å². The van der Waals surface area contributed by atoms with Gasteiger partial charge in [0, 0.05) is 6.54 Å². The van der Waals surface area contributed by atoms with Crippen molar-refractivity contribution >= 4 is 22.6 Å². The molecule has 2 aromatic carbocycles. The Labute approximate surface area is 163 Å². The number of fused-ring (bicyclic) bond motifs is 1. The summed E-state index contributed by atoms with van der Waals surface area (Å²) in [5.74, 6) is 0.161. The molecule has 0 saturated carbocycles. The number of benzene rings is 2. The summed E-state index contributed by atoms with van der Waals surface area (Å²) in [5.41, 5.74) is 0.917. The van der Waals surface area contributed by atoms with Crippen molar-refractivity contribution in [2.75, 3.05) is 13.1 Å². The molecular weight excluding hydrogens is 354 g/mol. The fourth-order valence-electron chi connectivity index (χ4n) is 3.04. The Kier molecular flexibility index (Phi) is 6.42. The zero-order valence-corrected chi connectivity index (χ0v) is 15.4. The van der Waals surface area contributed by atoms with Gasteiger partial charge in [0.05, 0.1) is 38.3 Å². The molecule has 2 amide bonds. The first-order valence-electron chi connectivity index (χ1n) is 9.08. The predicted octanol–water partition coefficient (Wildman–Crippen LogP) is 3.03. The lowest BCUT2D eigenvalue weighted by atomic mass is 10.0. The van der Waals surface area contributed by atoms with Gasteiger partial charge in [0.2, 0.25) is 11.8 Å². The van der Waals surface area contributed by atoms with E-state index in [1.54, 1.807) is 12.1 Å². The number of nitriles is 1. The Balaban J connectivity index is 1.58. The largest absolute Gasteiger partial charge is 0.467 e. The summed E-state index contributed by atoms with van der Waals surface area (Å²) < 4.78 is 5.28. The lowest BCUT2D eigenvalue weighted by Gasteiger charge is -2.20. The number of hydrogen-bond donors (Lipinski definition) is 1. The van der Waals surface area contributed by atoms with E-state index in [0.717, 1.165) is 16.3 Å². The average Bonchev–Trinajstić information content (AvgIpc) is 3.23. The quantitative estimate of drug-likeness (QED) is 0.656. The smallest absolute Gasteiger partial charge is 0.242 e. The highest BCUT2D eigenvalue weighted by atomic mass is 16.3. The monoisotopic (exact) mass is 375 g/mol. The standard InChI is InChI=1S/C22H21N3O3/c23-11-5-12-25(16-19-9-4-13-28-19)22(27)15-24-21(26)14-18-8-3-7-17-6-1-2-10-20(17)18/h1-4,6-10,13H,5,12,14-16H2,(H,24,26). The van der Waals surface area contributed by atoms with Gasteiger partial charge >= 0.3 is 0 Å². The molecule has 142 valence electrons. The highest BCUT2D eigenvalue weighted by Crippen LogP contribution is 2.18. The summed E-state index contributed by atoms with van der Waals surface area (Å²) in [6, 6.07) is 19.3. The molecule has 3 aromatic rings. The van der Waals surface area contributed by atoms with E-state index in [4.69, 9.17) is 9.68 Å². The number of furan rings is 1. The second-order valence-electron chi connectivity index (χ2n) is 6.39. The maximum absolute atomic E-state index is 12.5. The summed E-state index contributed by atoms with van der Waals surface area (Å²) in [4.78, 5) is 26.4. The number of carbonyl (C=O) groups is 2. The van der Waals surface area contributed by atoms with Gasteiger partial charge in [-0.25, -0.2) is 0 Å². The van der Waals surface area contributed by atoms with Crippen molar-refractivity contribution < 1.29 is 14.0 Å². The molecule has 6 heteroatoms. The van der Waals surface area contributed by atoms with E-state index >= 15 is 0 Å². The van der Waals surface area contributed by atoms with Gasteiger partial charge in [0.1, 0.15) is 5.76 Å². The van der Waals surface area contributed by atoms with Crippen LogP contribution in [0.15, 0.2) is 65.3 Å². The molecule has 0 fully saturated rings. The molecule has 0 spiro atoms. The molecule has 0 aliphatic rings. The molecule has 1 aromatic heterocycles. The first-order valence-corrected chi connectivity index (χ1v) is 9.08. The molecule has 6 nitrogen and oxygen atoms in total. The highest BCUT2D eigenvalue weighted by Gasteiger charge is 2.16. The lowest BCUT2D eigenvalue weighted by Crippen LogP contribution is -2.40. The van der Waals surface area contributed by atoms with Gasteiger partial charge in [-0.05, 0) is 28.5 Å². The topological polar surface area (TPSA) is 86.3 Å². The minimum absolute atomic E-state index is 0.115. The molecule has 1 N–H and O–H groups in total. The summed E-state index contributed by atoms with van der Waals surface area (Å²) in [5, 5.41) is 13.6. The second-order valence-corrected chi connectivity index (χ2v) is 6.39. The van der Waals surface area contributed by atoms with Gasteiger partial charge in [0.15, 0.2) is 0 Å². The minimum atomic E-state index is -0.252. The maximum Gasteiger partial charge on any atom is 0.242 e. The Morgan fingerprint density at radius 1 is 1.07 bits per heavy atom. The molecule has 0 aliphatic carbocycles. The van der Waals surface area contributed by atoms with E-state index in [1.807, 2.05) is 48.5 Å². The molecule has 3 rings (SSSR count). The Morgan fingerprint density at radius 3 is 2.68 bits per heavy atom. The van der Waals surface area contributed by atoms with Crippen molar-refractivity contribution in [1.29, 1.82) is 5.26 Å². The van der Waals surface area contributed by atoms with E-state index in [1.165, 1.54) is 11.2 Å². The van der Waals surface area contributed by atoms with Crippen LogP contribution in [-0.4, -0.2) is 29.8 Å². The number of carbonyl (C=O) groups excluding carboxylic acids is 2. The molecular formula is C22H21N3O3. The molecule has 0 radical (unpaired) electrons. The van der Waals surface area contributed by atoms with Crippen LogP contribution in [0.2, 0.25) is 0 Å². The van der Waals surface area contributed by atoms with Gasteiger partial charge in [-0.1, -0.05) is 42.5 Å². The van der Waals surface area contributed by atoms with Gasteiger partial charge in [-0.15, -0.1) is 0 Å². The summed E-state index contributed by atoms with van der Waals surface area (Å²) in [6.45, 7) is 0.442. The predicted molar refractivity (Wildman–Crippen MR) is 105 cm³/mol. The van der Waals surface area contributed by atoms with Crippen molar-refractivity contribution in [3.63, 3.8) is 0 Å². The molecule has 1 heterocycles. The second kappa shape index (κ2) is 9.38. The van der Waals surface area contributed by atoms with E-state index in [9.17, 15) is 9.59 Å². The van der Waals surface area contributed by atoms with E-state index < -0.39 is 0 Å². The average molecular weight is 375 g/mol. The fraction of sp³-hybridized carbons (Fsp3) is 0.227. The maximum atomic E-state index is 12.5. The summed E-state index contributed by atoms with van der Waals surface area (Å²) >= 11 is 0. The molecule has 0 bridgehead atoms. The van der Waals surface area contributed by atoms with Crippen LogP contribution in [0.4, 0.5) is 0 Å². The van der Waals surface area contributed by atoms with Crippen LogP contribution in [0.5, 0.6) is 0 Å². The Hall–Kier alpha value is -3.59. The normalized spacial score (nSPS) is 10.4. The first-order chi connectivity index (χ1) is 13.7. The highest BCUT2D eigenvalue weighted by molar-refractivity contribution is 5.91. The number of nitrogens with one attached hydrogen (secondary N) is 1. The third kappa shape index (κ3) is 4.98. The van der Waals surface area contributed by atoms with Crippen molar-refractivity contribution in [2.45, 2.75) is 19.4 Å². The van der Waals surface area contributed by atoms with E-state index in [2.05, 4.69) is 5.32 Å².